The van der Waals surface area contributed by atoms with Gasteiger partial charge in [-0.2, -0.15) is 0 Å². The molecular weight excluding hydrogens is 120 g/mol. The lowest BCUT2D eigenvalue weighted by atomic mass is 10.1. The monoisotopic (exact) mass is 138 g/mol. The first-order valence-corrected chi connectivity index (χ1v) is 4.07. The molecule has 0 aliphatic rings. The van der Waals surface area contributed by atoms with Crippen molar-refractivity contribution in [3.8, 4) is 0 Å². The van der Waals surface area contributed by atoms with Crippen LogP contribution in [0.3, 0.4) is 0 Å². The second-order valence-electron chi connectivity index (χ2n) is 2.69. The molecule has 0 aromatic carbocycles. The van der Waals surface area contributed by atoms with Crippen molar-refractivity contribution >= 4 is 0 Å². The third kappa shape index (κ3) is 5.61. The van der Waals surface area contributed by atoms with Gasteiger partial charge in [-0.15, -0.1) is 6.58 Å². The highest BCUT2D eigenvalue weighted by Gasteiger charge is 1.83. The smallest absolute Gasteiger partial charge is 0.0144 e. The maximum absolute atomic E-state index is 3.69. The Bertz CT molecular complexity index is 109. The minimum Gasteiger partial charge on any atom is -0.103 e. The van der Waals surface area contributed by atoms with Crippen LogP contribution in [0.5, 0.6) is 0 Å². The predicted molar refractivity (Wildman–Crippen MR) is 48.1 cm³/mol. The molecule has 0 aliphatic carbocycles. The third-order valence-corrected chi connectivity index (χ3v) is 1.52. The van der Waals surface area contributed by atoms with E-state index in [-0.39, 0.29) is 0 Å². The number of allylic oxidation sites excluding steroid dienone is 3. The van der Waals surface area contributed by atoms with E-state index in [4.69, 9.17) is 0 Å². The molecule has 0 rings (SSSR count). The van der Waals surface area contributed by atoms with Crippen LogP contribution < -0.4 is 0 Å². The summed E-state index contributed by atoms with van der Waals surface area (Å²) < 4.78 is 0. The summed E-state index contributed by atoms with van der Waals surface area (Å²) in [5, 5.41) is 0. The maximum atomic E-state index is 3.69. The van der Waals surface area contributed by atoms with Crippen LogP contribution in [0, 0.1) is 0 Å². The predicted octanol–water partition coefficient (Wildman–Crippen LogP) is 3.70. The topological polar surface area (TPSA) is 0 Å². The van der Waals surface area contributed by atoms with Crippen LogP contribution in [-0.4, -0.2) is 0 Å². The highest BCUT2D eigenvalue weighted by molar-refractivity contribution is 5.02. The molecule has 0 heterocycles. The van der Waals surface area contributed by atoms with Gasteiger partial charge >= 0.3 is 0 Å². The van der Waals surface area contributed by atoms with Gasteiger partial charge in [-0.1, -0.05) is 37.5 Å². The molecule has 0 fully saturated rings. The lowest BCUT2D eigenvalue weighted by Crippen LogP contribution is -1.73. The van der Waals surface area contributed by atoms with Crippen molar-refractivity contribution in [3.63, 3.8) is 0 Å². The van der Waals surface area contributed by atoms with E-state index in [2.05, 4.69) is 26.5 Å². The Hall–Kier alpha value is -0.520. The van der Waals surface area contributed by atoms with E-state index in [0.717, 1.165) is 6.42 Å². The molecule has 0 radical (unpaired) electrons. The SMILES string of the molecule is C=CC/C(C)=C/CCCC. The van der Waals surface area contributed by atoms with Crippen LogP contribution in [0.15, 0.2) is 24.3 Å². The van der Waals surface area contributed by atoms with E-state index in [1.165, 1.54) is 24.8 Å². The molecule has 0 amide bonds. The number of hydrogen-bond donors (Lipinski definition) is 0. The fraction of sp³-hybridized carbons (Fsp3) is 0.600. The second-order valence-corrected chi connectivity index (χ2v) is 2.69. The van der Waals surface area contributed by atoms with Crippen molar-refractivity contribution in [1.29, 1.82) is 0 Å². The van der Waals surface area contributed by atoms with Crippen LogP contribution in [0.1, 0.15) is 39.5 Å². The second kappa shape index (κ2) is 6.60. The Morgan fingerprint density at radius 2 is 2.20 bits per heavy atom. The number of unbranched alkanes of at least 4 members (excludes halogenated alkanes) is 2. The standard InChI is InChI=1S/C10H18/c1-4-6-7-9-10(3)8-5-2/h5,9H,2,4,6-8H2,1,3H3/b10-9+. The molecule has 0 unspecified atom stereocenters. The summed E-state index contributed by atoms with van der Waals surface area (Å²) in [7, 11) is 0. The van der Waals surface area contributed by atoms with E-state index in [0.29, 0.717) is 0 Å². The largest absolute Gasteiger partial charge is 0.103 e. The summed E-state index contributed by atoms with van der Waals surface area (Å²) in [4.78, 5) is 0. The molecular formula is C10H18. The van der Waals surface area contributed by atoms with Gasteiger partial charge in [0.05, 0.1) is 0 Å². The molecule has 0 bridgehead atoms. The van der Waals surface area contributed by atoms with Gasteiger partial charge in [0.15, 0.2) is 0 Å². The Balaban J connectivity index is 3.37. The zero-order chi connectivity index (χ0) is 7.82. The highest BCUT2D eigenvalue weighted by Crippen LogP contribution is 2.04. The fourth-order valence-corrected chi connectivity index (χ4v) is 0.864. The summed E-state index contributed by atoms with van der Waals surface area (Å²) in [5.74, 6) is 0. The van der Waals surface area contributed by atoms with Crippen molar-refractivity contribution < 1.29 is 0 Å². The van der Waals surface area contributed by atoms with Crippen LogP contribution >= 0.6 is 0 Å². The maximum Gasteiger partial charge on any atom is -0.0144 e. The lowest BCUT2D eigenvalue weighted by Gasteiger charge is -1.94. The third-order valence-electron chi connectivity index (χ3n) is 1.52. The molecule has 0 aliphatic heterocycles. The quantitative estimate of drug-likeness (QED) is 0.401. The summed E-state index contributed by atoms with van der Waals surface area (Å²) in [6.45, 7) is 8.07. The zero-order valence-electron chi connectivity index (χ0n) is 7.19. The lowest BCUT2D eigenvalue weighted by molar-refractivity contribution is 0.809. The average molecular weight is 138 g/mol. The van der Waals surface area contributed by atoms with Crippen LogP contribution in [-0.2, 0) is 0 Å². The van der Waals surface area contributed by atoms with E-state index in [9.17, 15) is 0 Å². The normalized spacial score (nSPS) is 11.6. The Morgan fingerprint density at radius 1 is 1.50 bits per heavy atom. The van der Waals surface area contributed by atoms with Gasteiger partial charge in [-0.05, 0) is 19.8 Å². The molecule has 0 aromatic heterocycles. The Labute approximate surface area is 64.6 Å². The van der Waals surface area contributed by atoms with Crippen molar-refractivity contribution in [3.05, 3.63) is 24.3 Å². The summed E-state index contributed by atoms with van der Waals surface area (Å²) in [5.41, 5.74) is 1.45. The van der Waals surface area contributed by atoms with Crippen molar-refractivity contribution in [1.82, 2.24) is 0 Å². The van der Waals surface area contributed by atoms with Gasteiger partial charge < -0.3 is 0 Å². The molecule has 0 N–H and O–H groups in total. The Morgan fingerprint density at radius 3 is 2.70 bits per heavy atom. The minimum atomic E-state index is 1.05. The molecule has 10 heavy (non-hydrogen) atoms. The van der Waals surface area contributed by atoms with Crippen LogP contribution in [0.4, 0.5) is 0 Å². The van der Waals surface area contributed by atoms with Crippen molar-refractivity contribution in [2.75, 3.05) is 0 Å². The van der Waals surface area contributed by atoms with Crippen molar-refractivity contribution in [2.45, 2.75) is 39.5 Å². The molecule has 0 aromatic rings. The average Bonchev–Trinajstić information content (AvgIpc) is 1.89. The van der Waals surface area contributed by atoms with Crippen molar-refractivity contribution in [2.24, 2.45) is 0 Å². The summed E-state index contributed by atoms with van der Waals surface area (Å²) in [6, 6.07) is 0. The Kier molecular flexibility index (Phi) is 6.25. The van der Waals surface area contributed by atoms with Gasteiger partial charge in [0.1, 0.15) is 0 Å². The van der Waals surface area contributed by atoms with E-state index >= 15 is 0 Å². The van der Waals surface area contributed by atoms with Crippen LogP contribution in [0.25, 0.3) is 0 Å². The first kappa shape index (κ1) is 9.48. The summed E-state index contributed by atoms with van der Waals surface area (Å²) >= 11 is 0. The molecule has 0 nitrogen and oxygen atoms in total. The van der Waals surface area contributed by atoms with E-state index in [1.807, 2.05) is 6.08 Å². The molecule has 0 saturated heterocycles. The molecule has 0 spiro atoms. The molecule has 0 heteroatoms. The van der Waals surface area contributed by atoms with Gasteiger partial charge in [0.2, 0.25) is 0 Å². The van der Waals surface area contributed by atoms with Gasteiger partial charge in [-0.3, -0.25) is 0 Å². The zero-order valence-corrected chi connectivity index (χ0v) is 7.19. The number of hydrogen-bond acceptors (Lipinski definition) is 0. The van der Waals surface area contributed by atoms with Gasteiger partial charge in [-0.25, -0.2) is 0 Å². The van der Waals surface area contributed by atoms with E-state index < -0.39 is 0 Å². The van der Waals surface area contributed by atoms with E-state index in [1.54, 1.807) is 0 Å². The summed E-state index contributed by atoms with van der Waals surface area (Å²) in [6.07, 6.45) is 9.15. The highest BCUT2D eigenvalue weighted by atomic mass is 13.9. The molecule has 0 saturated carbocycles. The first-order valence-electron chi connectivity index (χ1n) is 4.07. The van der Waals surface area contributed by atoms with Gasteiger partial charge in [0.25, 0.3) is 0 Å². The molecule has 0 atom stereocenters. The first-order chi connectivity index (χ1) is 4.81. The van der Waals surface area contributed by atoms with Crippen LogP contribution in [0.2, 0.25) is 0 Å². The fourth-order valence-electron chi connectivity index (χ4n) is 0.864. The minimum absolute atomic E-state index is 1.05. The molecule has 58 valence electrons. The number of rotatable bonds is 5. The van der Waals surface area contributed by atoms with Gasteiger partial charge in [0, 0.05) is 0 Å².